The van der Waals surface area contributed by atoms with E-state index in [1.807, 2.05) is 6.07 Å². The lowest BCUT2D eigenvalue weighted by Gasteiger charge is -2.25. The van der Waals surface area contributed by atoms with Crippen LogP contribution in [0.25, 0.3) is 0 Å². The number of benzene rings is 1. The van der Waals surface area contributed by atoms with Crippen molar-refractivity contribution < 1.29 is 9.53 Å². The van der Waals surface area contributed by atoms with E-state index in [4.69, 9.17) is 4.74 Å². The average Bonchev–Trinajstić information content (AvgIpc) is 2.39. The number of unbranched alkanes of at least 4 members (excludes halogenated alkanes) is 2. The predicted octanol–water partition coefficient (Wildman–Crippen LogP) is 4.19. The molecule has 0 aromatic heterocycles. The summed E-state index contributed by atoms with van der Waals surface area (Å²) >= 11 is 0. The number of esters is 1. The molecule has 0 saturated carbocycles. The van der Waals surface area contributed by atoms with Gasteiger partial charge in [0.1, 0.15) is 6.10 Å². The fourth-order valence-electron chi connectivity index (χ4n) is 2.57. The molecule has 0 spiro atoms. The van der Waals surface area contributed by atoms with Gasteiger partial charge in [0.25, 0.3) is 0 Å². The predicted molar refractivity (Wildman–Crippen MR) is 72.4 cm³/mol. The Balaban J connectivity index is 1.92. The highest BCUT2D eigenvalue weighted by Gasteiger charge is 2.22. The van der Waals surface area contributed by atoms with Crippen molar-refractivity contribution in [1.82, 2.24) is 0 Å². The number of aryl methyl sites for hydroxylation is 1. The van der Waals surface area contributed by atoms with Gasteiger partial charge in [-0.05, 0) is 36.8 Å². The largest absolute Gasteiger partial charge is 0.457 e. The first-order valence-electron chi connectivity index (χ1n) is 7.08. The number of carbonyl (C=O) groups is 1. The second kappa shape index (κ2) is 6.58. The molecule has 1 aliphatic rings. The van der Waals surface area contributed by atoms with Crippen LogP contribution in [0.1, 0.15) is 62.7 Å². The van der Waals surface area contributed by atoms with Crippen LogP contribution < -0.4 is 0 Å². The highest BCUT2D eigenvalue weighted by atomic mass is 16.5. The van der Waals surface area contributed by atoms with Gasteiger partial charge in [0.2, 0.25) is 0 Å². The topological polar surface area (TPSA) is 26.3 Å². The summed E-state index contributed by atoms with van der Waals surface area (Å²) in [6, 6.07) is 8.33. The van der Waals surface area contributed by atoms with Crippen molar-refractivity contribution in [2.24, 2.45) is 0 Å². The minimum Gasteiger partial charge on any atom is -0.457 e. The Bertz CT molecular complexity index is 398. The third kappa shape index (κ3) is 3.34. The van der Waals surface area contributed by atoms with Crippen LogP contribution >= 0.6 is 0 Å². The number of hydrogen-bond acceptors (Lipinski definition) is 2. The van der Waals surface area contributed by atoms with Crippen molar-refractivity contribution in [2.45, 2.75) is 58.0 Å². The summed E-state index contributed by atoms with van der Waals surface area (Å²) in [4.78, 5) is 11.8. The molecule has 0 bridgehead atoms. The van der Waals surface area contributed by atoms with Crippen LogP contribution in [0.5, 0.6) is 0 Å². The molecule has 1 aromatic carbocycles. The highest BCUT2D eigenvalue weighted by Crippen LogP contribution is 2.32. The molecule has 1 aliphatic carbocycles. The van der Waals surface area contributed by atoms with Crippen molar-refractivity contribution >= 4 is 5.97 Å². The first-order valence-corrected chi connectivity index (χ1v) is 7.08. The highest BCUT2D eigenvalue weighted by molar-refractivity contribution is 5.69. The van der Waals surface area contributed by atoms with Crippen molar-refractivity contribution in [3.8, 4) is 0 Å². The van der Waals surface area contributed by atoms with Crippen LogP contribution in [-0.4, -0.2) is 5.97 Å². The molecular formula is C16H22O2. The molecule has 1 aromatic rings. The zero-order valence-corrected chi connectivity index (χ0v) is 11.2. The third-order valence-electron chi connectivity index (χ3n) is 3.57. The van der Waals surface area contributed by atoms with Gasteiger partial charge in [-0.2, -0.15) is 0 Å². The van der Waals surface area contributed by atoms with Crippen LogP contribution in [0.3, 0.4) is 0 Å². The van der Waals surface area contributed by atoms with Gasteiger partial charge in [-0.1, -0.05) is 44.0 Å². The number of hydrogen-bond donors (Lipinski definition) is 0. The fraction of sp³-hybridized carbons (Fsp3) is 0.562. The lowest BCUT2D eigenvalue weighted by molar-refractivity contribution is -0.150. The number of ether oxygens (including phenoxy) is 1. The molecule has 98 valence electrons. The van der Waals surface area contributed by atoms with Crippen molar-refractivity contribution in [1.29, 1.82) is 0 Å². The van der Waals surface area contributed by atoms with Crippen molar-refractivity contribution in [2.75, 3.05) is 0 Å². The van der Waals surface area contributed by atoms with E-state index < -0.39 is 0 Å². The van der Waals surface area contributed by atoms with Crippen LogP contribution in [0.2, 0.25) is 0 Å². The fourth-order valence-corrected chi connectivity index (χ4v) is 2.57. The maximum absolute atomic E-state index is 11.8. The smallest absolute Gasteiger partial charge is 0.306 e. The van der Waals surface area contributed by atoms with Gasteiger partial charge in [-0.15, -0.1) is 0 Å². The number of fused-ring (bicyclic) bond motifs is 1. The number of carbonyl (C=O) groups excluding carboxylic acids is 1. The summed E-state index contributed by atoms with van der Waals surface area (Å²) in [5.41, 5.74) is 2.56. The molecule has 2 heteroatoms. The van der Waals surface area contributed by atoms with Crippen LogP contribution in [-0.2, 0) is 16.0 Å². The van der Waals surface area contributed by atoms with E-state index in [9.17, 15) is 4.79 Å². The maximum atomic E-state index is 11.8. The van der Waals surface area contributed by atoms with E-state index in [1.54, 1.807) is 0 Å². The van der Waals surface area contributed by atoms with E-state index in [-0.39, 0.29) is 12.1 Å². The quantitative estimate of drug-likeness (QED) is 0.575. The minimum atomic E-state index is -0.0369. The molecule has 0 amide bonds. The molecule has 0 heterocycles. The lowest BCUT2D eigenvalue weighted by atomic mass is 9.89. The van der Waals surface area contributed by atoms with Gasteiger partial charge >= 0.3 is 5.97 Å². The molecule has 1 atom stereocenters. The van der Waals surface area contributed by atoms with Crippen molar-refractivity contribution in [3.63, 3.8) is 0 Å². The Morgan fingerprint density at radius 1 is 1.33 bits per heavy atom. The normalized spacial score (nSPS) is 18.2. The third-order valence-corrected chi connectivity index (χ3v) is 3.57. The minimum absolute atomic E-state index is 0.0101. The van der Waals surface area contributed by atoms with E-state index in [1.165, 1.54) is 11.1 Å². The molecule has 0 N–H and O–H groups in total. The monoisotopic (exact) mass is 246 g/mol. The molecule has 2 rings (SSSR count). The average molecular weight is 246 g/mol. The van der Waals surface area contributed by atoms with E-state index in [0.29, 0.717) is 6.42 Å². The molecule has 0 unspecified atom stereocenters. The standard InChI is InChI=1S/C16H22O2/c1-2-3-4-12-16(17)18-15-11-7-9-13-8-5-6-10-14(13)15/h5-6,8,10,15H,2-4,7,9,11-12H2,1H3/t15-/m1/s1. The molecular weight excluding hydrogens is 224 g/mol. The zero-order chi connectivity index (χ0) is 12.8. The Hall–Kier alpha value is -1.31. The molecule has 0 saturated heterocycles. The van der Waals surface area contributed by atoms with Gasteiger partial charge in [-0.3, -0.25) is 4.79 Å². The second-order valence-corrected chi connectivity index (χ2v) is 5.03. The summed E-state index contributed by atoms with van der Waals surface area (Å²) in [7, 11) is 0. The van der Waals surface area contributed by atoms with Gasteiger partial charge in [0, 0.05) is 6.42 Å². The summed E-state index contributed by atoms with van der Waals surface area (Å²) in [5.74, 6) is -0.0369. The summed E-state index contributed by atoms with van der Waals surface area (Å²) in [6.07, 6.45) is 6.94. The summed E-state index contributed by atoms with van der Waals surface area (Å²) in [6.45, 7) is 2.14. The second-order valence-electron chi connectivity index (χ2n) is 5.03. The van der Waals surface area contributed by atoms with Crippen LogP contribution in [0.15, 0.2) is 24.3 Å². The molecule has 0 fully saturated rings. The number of rotatable bonds is 5. The Morgan fingerprint density at radius 3 is 3.00 bits per heavy atom. The van der Waals surface area contributed by atoms with Gasteiger partial charge in [-0.25, -0.2) is 0 Å². The first kappa shape index (κ1) is 13.1. The SMILES string of the molecule is CCCCCC(=O)O[C@@H]1CCCc2ccccc21. The first-order chi connectivity index (χ1) is 8.81. The molecule has 0 aliphatic heterocycles. The summed E-state index contributed by atoms with van der Waals surface area (Å²) in [5, 5.41) is 0. The van der Waals surface area contributed by atoms with Gasteiger partial charge in [0.05, 0.1) is 0 Å². The van der Waals surface area contributed by atoms with Crippen LogP contribution in [0.4, 0.5) is 0 Å². The van der Waals surface area contributed by atoms with Crippen LogP contribution in [0, 0.1) is 0 Å². The molecule has 18 heavy (non-hydrogen) atoms. The van der Waals surface area contributed by atoms with Crippen molar-refractivity contribution in [3.05, 3.63) is 35.4 Å². The lowest BCUT2D eigenvalue weighted by Crippen LogP contribution is -2.16. The Kier molecular flexibility index (Phi) is 4.80. The Labute approximate surface area is 109 Å². The zero-order valence-electron chi connectivity index (χ0n) is 11.2. The van der Waals surface area contributed by atoms with E-state index >= 15 is 0 Å². The van der Waals surface area contributed by atoms with E-state index in [2.05, 4.69) is 25.1 Å². The maximum Gasteiger partial charge on any atom is 0.306 e. The van der Waals surface area contributed by atoms with E-state index in [0.717, 1.165) is 38.5 Å². The van der Waals surface area contributed by atoms with Gasteiger partial charge < -0.3 is 4.74 Å². The molecule has 0 radical (unpaired) electrons. The molecule has 2 nitrogen and oxygen atoms in total. The Morgan fingerprint density at radius 2 is 2.17 bits per heavy atom. The summed E-state index contributed by atoms with van der Waals surface area (Å²) < 4.78 is 5.63. The van der Waals surface area contributed by atoms with Gasteiger partial charge in [0.15, 0.2) is 0 Å².